The molecular formula is C24H29ClN6O5. The number of anilines is 1. The largest absolute Gasteiger partial charge is 0.493 e. The molecule has 36 heavy (non-hydrogen) atoms. The molecule has 1 aromatic heterocycles. The van der Waals surface area contributed by atoms with Crippen LogP contribution >= 0.6 is 11.6 Å². The Labute approximate surface area is 214 Å². The van der Waals surface area contributed by atoms with Crippen LogP contribution in [0.15, 0.2) is 41.6 Å². The Morgan fingerprint density at radius 1 is 1.11 bits per heavy atom. The lowest BCUT2D eigenvalue weighted by atomic mass is 9.93. The van der Waals surface area contributed by atoms with Crippen molar-refractivity contribution in [2.75, 3.05) is 58.5 Å². The van der Waals surface area contributed by atoms with Crippen molar-refractivity contribution >= 4 is 29.4 Å². The summed E-state index contributed by atoms with van der Waals surface area (Å²) in [5, 5.41) is 14.1. The van der Waals surface area contributed by atoms with Crippen LogP contribution in [0.25, 0.3) is 0 Å². The summed E-state index contributed by atoms with van der Waals surface area (Å²) in [7, 11) is 3.05. The summed E-state index contributed by atoms with van der Waals surface area (Å²) in [4.78, 5) is 30.2. The smallest absolute Gasteiger partial charge is 0.338 e. The summed E-state index contributed by atoms with van der Waals surface area (Å²) < 4.78 is 16.4. The minimum Gasteiger partial charge on any atom is -0.493 e. The molecule has 1 saturated heterocycles. The molecule has 2 aliphatic rings. The van der Waals surface area contributed by atoms with E-state index >= 15 is 0 Å². The van der Waals surface area contributed by atoms with Gasteiger partial charge in [0, 0.05) is 44.0 Å². The molecule has 4 rings (SSSR count). The molecule has 0 saturated carbocycles. The molecule has 1 aromatic carbocycles. The number of nitrogens with zero attached hydrogens (tertiary/aromatic N) is 4. The quantitative estimate of drug-likeness (QED) is 0.509. The summed E-state index contributed by atoms with van der Waals surface area (Å²) >= 11 is 5.85. The van der Waals surface area contributed by atoms with E-state index in [1.165, 1.54) is 14.2 Å². The second-order valence-corrected chi connectivity index (χ2v) is 8.59. The van der Waals surface area contributed by atoms with Crippen molar-refractivity contribution in [2.45, 2.75) is 13.0 Å². The van der Waals surface area contributed by atoms with Gasteiger partial charge in [0.2, 0.25) is 0 Å². The fourth-order valence-electron chi connectivity index (χ4n) is 4.40. The fourth-order valence-corrected chi connectivity index (χ4v) is 4.50. The number of piperazine rings is 1. The van der Waals surface area contributed by atoms with E-state index in [9.17, 15) is 9.59 Å². The minimum atomic E-state index is -0.775. The Hall–Kier alpha value is -3.57. The standard InChI is InChI=1S/C24H29ClN6O5/c1-4-36-23(32)20-16(14-30-10-12-31(13-11-30)19-9-8-18(25)28-29-19)26-24(33)27-21(20)15-6-5-7-17(34-2)22(15)35-3/h5-9,21H,4,10-14H2,1-3H3,(H2,26,27,33). The summed E-state index contributed by atoms with van der Waals surface area (Å²) in [5.41, 5.74) is 1.42. The number of urea groups is 1. The van der Waals surface area contributed by atoms with Crippen LogP contribution in [-0.4, -0.2) is 80.6 Å². The van der Waals surface area contributed by atoms with E-state index in [-0.39, 0.29) is 6.61 Å². The number of carbonyl (C=O) groups is 2. The van der Waals surface area contributed by atoms with Crippen LogP contribution in [0.1, 0.15) is 18.5 Å². The Morgan fingerprint density at radius 2 is 1.89 bits per heavy atom. The first-order valence-electron chi connectivity index (χ1n) is 11.6. The van der Waals surface area contributed by atoms with Crippen molar-refractivity contribution in [2.24, 2.45) is 0 Å². The van der Waals surface area contributed by atoms with E-state index in [2.05, 4.69) is 30.6 Å². The fraction of sp³-hybridized carbons (Fsp3) is 0.417. The number of esters is 1. The van der Waals surface area contributed by atoms with Gasteiger partial charge in [0.05, 0.1) is 32.4 Å². The predicted molar refractivity (Wildman–Crippen MR) is 133 cm³/mol. The number of hydrogen-bond donors (Lipinski definition) is 2. The van der Waals surface area contributed by atoms with Crippen LogP contribution in [0.3, 0.4) is 0 Å². The Balaban J connectivity index is 1.61. The van der Waals surface area contributed by atoms with Gasteiger partial charge < -0.3 is 29.7 Å². The van der Waals surface area contributed by atoms with Crippen molar-refractivity contribution < 1.29 is 23.8 Å². The molecule has 0 radical (unpaired) electrons. The maximum atomic E-state index is 13.2. The second-order valence-electron chi connectivity index (χ2n) is 8.20. The highest BCUT2D eigenvalue weighted by molar-refractivity contribution is 6.29. The molecule has 11 nitrogen and oxygen atoms in total. The molecule has 0 spiro atoms. The van der Waals surface area contributed by atoms with Crippen LogP contribution in [0.4, 0.5) is 10.6 Å². The summed E-state index contributed by atoms with van der Waals surface area (Å²) in [6.45, 7) is 5.11. The monoisotopic (exact) mass is 516 g/mol. The van der Waals surface area contributed by atoms with Crippen molar-refractivity contribution in [3.8, 4) is 11.5 Å². The van der Waals surface area contributed by atoms with E-state index in [0.717, 1.165) is 5.82 Å². The summed E-state index contributed by atoms with van der Waals surface area (Å²) in [5.74, 6) is 1.18. The number of methoxy groups -OCH3 is 2. The van der Waals surface area contributed by atoms with Gasteiger partial charge in [0.25, 0.3) is 0 Å². The molecule has 192 valence electrons. The normalized spacial score (nSPS) is 18.4. The maximum Gasteiger partial charge on any atom is 0.338 e. The number of halogens is 1. The number of benzene rings is 1. The lowest BCUT2D eigenvalue weighted by Gasteiger charge is -2.37. The Kier molecular flexibility index (Phi) is 8.11. The molecule has 2 aromatic rings. The SMILES string of the molecule is CCOC(=O)C1=C(CN2CCN(c3ccc(Cl)nn3)CC2)NC(=O)NC1c1cccc(OC)c1OC. The topological polar surface area (TPSA) is 118 Å². The highest BCUT2D eigenvalue weighted by atomic mass is 35.5. The van der Waals surface area contributed by atoms with Gasteiger partial charge in [-0.05, 0) is 25.1 Å². The van der Waals surface area contributed by atoms with E-state index < -0.39 is 18.0 Å². The van der Waals surface area contributed by atoms with Crippen LogP contribution in [0, 0.1) is 0 Å². The number of aromatic nitrogens is 2. The van der Waals surface area contributed by atoms with Crippen LogP contribution < -0.4 is 25.0 Å². The van der Waals surface area contributed by atoms with Crippen LogP contribution in [-0.2, 0) is 9.53 Å². The predicted octanol–water partition coefficient (Wildman–Crippen LogP) is 2.14. The van der Waals surface area contributed by atoms with Crippen molar-refractivity contribution in [3.05, 3.63) is 52.3 Å². The molecular weight excluding hydrogens is 488 g/mol. The van der Waals surface area contributed by atoms with Crippen LogP contribution in [0.5, 0.6) is 11.5 Å². The molecule has 0 bridgehead atoms. The van der Waals surface area contributed by atoms with Gasteiger partial charge in [-0.15, -0.1) is 10.2 Å². The van der Waals surface area contributed by atoms with E-state index in [0.29, 0.717) is 66.2 Å². The molecule has 1 atom stereocenters. The third kappa shape index (κ3) is 5.47. The lowest BCUT2D eigenvalue weighted by Crippen LogP contribution is -2.52. The first kappa shape index (κ1) is 25.5. The molecule has 12 heteroatoms. The number of hydrogen-bond acceptors (Lipinski definition) is 9. The van der Waals surface area contributed by atoms with Crippen molar-refractivity contribution in [3.63, 3.8) is 0 Å². The van der Waals surface area contributed by atoms with Gasteiger partial charge in [-0.1, -0.05) is 23.7 Å². The number of amides is 2. The zero-order chi connectivity index (χ0) is 25.7. The summed E-state index contributed by atoms with van der Waals surface area (Å²) in [6, 6.07) is 7.69. The Bertz CT molecular complexity index is 1130. The van der Waals surface area contributed by atoms with E-state index in [1.54, 1.807) is 31.2 Å². The second kappa shape index (κ2) is 11.4. The molecule has 2 aliphatic heterocycles. The van der Waals surface area contributed by atoms with Gasteiger partial charge in [-0.3, -0.25) is 4.90 Å². The average molecular weight is 517 g/mol. The third-order valence-electron chi connectivity index (χ3n) is 6.09. The van der Waals surface area contributed by atoms with Crippen LogP contribution in [0.2, 0.25) is 5.15 Å². The lowest BCUT2D eigenvalue weighted by molar-refractivity contribution is -0.139. The third-order valence-corrected chi connectivity index (χ3v) is 6.29. The first-order chi connectivity index (χ1) is 17.4. The maximum absolute atomic E-state index is 13.2. The van der Waals surface area contributed by atoms with Crippen molar-refractivity contribution in [1.29, 1.82) is 0 Å². The number of ether oxygens (including phenoxy) is 3. The molecule has 3 heterocycles. The van der Waals surface area contributed by atoms with Crippen molar-refractivity contribution in [1.82, 2.24) is 25.7 Å². The van der Waals surface area contributed by atoms with Gasteiger partial charge in [0.15, 0.2) is 22.5 Å². The molecule has 2 N–H and O–H groups in total. The highest BCUT2D eigenvalue weighted by Gasteiger charge is 2.36. The zero-order valence-corrected chi connectivity index (χ0v) is 21.2. The minimum absolute atomic E-state index is 0.201. The average Bonchev–Trinajstić information content (AvgIpc) is 2.88. The molecule has 1 fully saturated rings. The Morgan fingerprint density at radius 3 is 2.53 bits per heavy atom. The molecule has 0 aliphatic carbocycles. The van der Waals surface area contributed by atoms with E-state index in [4.69, 9.17) is 25.8 Å². The number of para-hydroxylation sites is 1. The number of nitrogens with one attached hydrogen (secondary N) is 2. The number of rotatable bonds is 8. The van der Waals surface area contributed by atoms with Gasteiger partial charge in [0.1, 0.15) is 0 Å². The summed E-state index contributed by atoms with van der Waals surface area (Å²) in [6.07, 6.45) is 0. The highest BCUT2D eigenvalue weighted by Crippen LogP contribution is 2.39. The van der Waals surface area contributed by atoms with Gasteiger partial charge in [-0.2, -0.15) is 0 Å². The van der Waals surface area contributed by atoms with Gasteiger partial charge in [-0.25, -0.2) is 9.59 Å². The first-order valence-corrected chi connectivity index (χ1v) is 12.0. The number of carbonyl (C=O) groups excluding carboxylic acids is 2. The van der Waals surface area contributed by atoms with E-state index in [1.807, 2.05) is 6.07 Å². The van der Waals surface area contributed by atoms with Gasteiger partial charge >= 0.3 is 12.0 Å². The molecule has 2 amide bonds. The molecule has 1 unspecified atom stereocenters. The zero-order valence-electron chi connectivity index (χ0n) is 20.4.